The molecule has 3 rings (SSSR count). The van der Waals surface area contributed by atoms with Gasteiger partial charge in [0.1, 0.15) is 17.8 Å². The van der Waals surface area contributed by atoms with Crippen LogP contribution in [0.5, 0.6) is 11.5 Å². The van der Waals surface area contributed by atoms with E-state index in [-0.39, 0.29) is 0 Å². The minimum Gasteiger partial charge on any atom is -0.465 e. The van der Waals surface area contributed by atoms with Gasteiger partial charge in [0.2, 0.25) is 5.90 Å². The zero-order valence-electron chi connectivity index (χ0n) is 16.8. The Kier molecular flexibility index (Phi) is 6.59. The van der Waals surface area contributed by atoms with Crippen LogP contribution in [-0.2, 0) is 0 Å². The molecule has 4 heteroatoms. The van der Waals surface area contributed by atoms with Gasteiger partial charge in [-0.2, -0.15) is 0 Å². The summed E-state index contributed by atoms with van der Waals surface area (Å²) in [6.07, 6.45) is 2.40. The third-order valence-electron chi connectivity index (χ3n) is 4.20. The fourth-order valence-electron chi connectivity index (χ4n) is 2.51. The third-order valence-corrected chi connectivity index (χ3v) is 4.20. The maximum absolute atomic E-state index is 11.1. The monoisotopic (exact) mass is 385 g/mol. The molecule has 0 atom stereocenters. The first-order valence-corrected chi connectivity index (χ1v) is 9.32. The van der Waals surface area contributed by atoms with Crippen molar-refractivity contribution < 1.29 is 14.3 Å². The van der Waals surface area contributed by atoms with Gasteiger partial charge in [-0.05, 0) is 57.2 Å². The van der Waals surface area contributed by atoms with Gasteiger partial charge in [-0.3, -0.25) is 4.79 Å². The van der Waals surface area contributed by atoms with Crippen molar-refractivity contribution in [3.8, 4) is 11.5 Å². The van der Waals surface area contributed by atoms with Crippen LogP contribution in [0.1, 0.15) is 28.4 Å². The topological polar surface area (TPSA) is 47.9 Å². The van der Waals surface area contributed by atoms with E-state index in [4.69, 9.17) is 9.47 Å². The van der Waals surface area contributed by atoms with Crippen molar-refractivity contribution in [1.82, 2.24) is 0 Å². The number of hydrogen-bond acceptors (Lipinski definition) is 4. The van der Waals surface area contributed by atoms with Gasteiger partial charge < -0.3 is 9.47 Å². The molecular formula is C25H23NO3. The molecule has 146 valence electrons. The molecule has 0 saturated heterocycles. The number of ether oxygens (including phenoxy) is 2. The second-order valence-electron chi connectivity index (χ2n) is 6.78. The maximum Gasteiger partial charge on any atom is 0.225 e. The van der Waals surface area contributed by atoms with Crippen molar-refractivity contribution >= 4 is 17.9 Å². The predicted octanol–water partition coefficient (Wildman–Crippen LogP) is 6.21. The lowest BCUT2D eigenvalue weighted by Crippen LogP contribution is -2.11. The zero-order valence-corrected chi connectivity index (χ0v) is 16.8. The zero-order chi connectivity index (χ0) is 20.6. The van der Waals surface area contributed by atoms with Crippen LogP contribution in [0.3, 0.4) is 0 Å². The standard InChI is InChI=1S/C25H23NO3/c1-18-7-11-22(12-8-18)26-25(29-24-6-4-5-21(15-24)16-27)20(3)17-28-23-13-9-19(2)10-14-23/h4-17H,1-3H3/b20-17+,26-25-. The van der Waals surface area contributed by atoms with Crippen LogP contribution >= 0.6 is 0 Å². The molecular weight excluding hydrogens is 362 g/mol. The van der Waals surface area contributed by atoms with E-state index in [1.54, 1.807) is 30.5 Å². The number of carbonyl (C=O) groups is 1. The lowest BCUT2D eigenvalue weighted by Gasteiger charge is -2.11. The van der Waals surface area contributed by atoms with Gasteiger partial charge >= 0.3 is 0 Å². The highest BCUT2D eigenvalue weighted by Crippen LogP contribution is 2.20. The summed E-state index contributed by atoms with van der Waals surface area (Å²) in [5.74, 6) is 1.65. The van der Waals surface area contributed by atoms with E-state index < -0.39 is 0 Å². The highest BCUT2D eigenvalue weighted by atomic mass is 16.5. The first-order chi connectivity index (χ1) is 14.0. The summed E-state index contributed by atoms with van der Waals surface area (Å²) in [6, 6.07) is 22.6. The second kappa shape index (κ2) is 9.51. The minimum absolute atomic E-state index is 0.393. The maximum atomic E-state index is 11.1. The molecule has 0 fully saturated rings. The van der Waals surface area contributed by atoms with E-state index in [0.717, 1.165) is 28.8 Å². The Morgan fingerprint density at radius 1 is 0.862 bits per heavy atom. The molecule has 0 aliphatic rings. The molecule has 0 aliphatic carbocycles. The lowest BCUT2D eigenvalue weighted by atomic mass is 10.2. The normalized spacial score (nSPS) is 11.8. The molecule has 0 unspecified atom stereocenters. The van der Waals surface area contributed by atoms with Gasteiger partial charge in [-0.25, -0.2) is 4.99 Å². The van der Waals surface area contributed by atoms with Crippen LogP contribution in [0, 0.1) is 13.8 Å². The lowest BCUT2D eigenvalue weighted by molar-refractivity contribution is 0.112. The van der Waals surface area contributed by atoms with E-state index in [0.29, 0.717) is 22.8 Å². The Morgan fingerprint density at radius 2 is 1.52 bits per heavy atom. The van der Waals surface area contributed by atoms with Crippen molar-refractivity contribution in [2.75, 3.05) is 0 Å². The van der Waals surface area contributed by atoms with Gasteiger partial charge in [0.05, 0.1) is 11.9 Å². The summed E-state index contributed by atoms with van der Waals surface area (Å²) in [6.45, 7) is 5.92. The van der Waals surface area contributed by atoms with Gasteiger partial charge in [0.25, 0.3) is 0 Å². The summed E-state index contributed by atoms with van der Waals surface area (Å²) in [5, 5.41) is 0. The molecule has 29 heavy (non-hydrogen) atoms. The van der Waals surface area contributed by atoms with Crippen LogP contribution < -0.4 is 9.47 Å². The molecule has 0 bridgehead atoms. The summed E-state index contributed by atoms with van der Waals surface area (Å²) in [5.41, 5.74) is 4.33. The quantitative estimate of drug-likeness (QED) is 0.219. The number of aliphatic imine (C=N–C) groups is 1. The molecule has 3 aromatic rings. The highest BCUT2D eigenvalue weighted by Gasteiger charge is 2.09. The van der Waals surface area contributed by atoms with Gasteiger partial charge in [0.15, 0.2) is 0 Å². The number of nitrogens with zero attached hydrogens (tertiary/aromatic N) is 1. The molecule has 3 aromatic carbocycles. The Hall–Kier alpha value is -3.66. The fourth-order valence-corrected chi connectivity index (χ4v) is 2.51. The van der Waals surface area contributed by atoms with E-state index in [1.165, 1.54) is 0 Å². The Morgan fingerprint density at radius 3 is 2.17 bits per heavy atom. The van der Waals surface area contributed by atoms with Gasteiger partial charge in [0, 0.05) is 11.1 Å². The van der Waals surface area contributed by atoms with E-state index in [1.807, 2.05) is 69.3 Å². The van der Waals surface area contributed by atoms with Crippen molar-refractivity contribution in [2.45, 2.75) is 20.8 Å². The average Bonchev–Trinajstić information content (AvgIpc) is 2.74. The van der Waals surface area contributed by atoms with Crippen LogP contribution in [0.2, 0.25) is 0 Å². The summed E-state index contributed by atoms with van der Waals surface area (Å²) in [4.78, 5) is 15.7. The number of rotatable bonds is 6. The van der Waals surface area contributed by atoms with Crippen LogP contribution in [0.15, 0.2) is 89.6 Å². The number of benzene rings is 3. The Bertz CT molecular complexity index is 1030. The predicted molar refractivity (Wildman–Crippen MR) is 116 cm³/mol. The fraction of sp³-hybridized carbons (Fsp3) is 0.120. The van der Waals surface area contributed by atoms with Crippen molar-refractivity contribution in [3.05, 3.63) is 101 Å². The SMILES string of the molecule is CC(=C\Oc1ccc(C)cc1)/C(=N/c1ccc(C)cc1)Oc1cccc(C=O)c1. The number of aldehydes is 1. The number of aryl methyl sites for hydroxylation is 2. The van der Waals surface area contributed by atoms with Crippen LogP contribution in [0.25, 0.3) is 0 Å². The molecule has 0 amide bonds. The molecule has 4 nitrogen and oxygen atoms in total. The smallest absolute Gasteiger partial charge is 0.225 e. The second-order valence-corrected chi connectivity index (χ2v) is 6.78. The third kappa shape index (κ3) is 5.91. The average molecular weight is 385 g/mol. The Balaban J connectivity index is 1.89. The van der Waals surface area contributed by atoms with Gasteiger partial charge in [-0.1, -0.05) is 47.5 Å². The molecule has 0 aliphatic heterocycles. The van der Waals surface area contributed by atoms with Gasteiger partial charge in [-0.15, -0.1) is 0 Å². The summed E-state index contributed by atoms with van der Waals surface area (Å²) in [7, 11) is 0. The molecule has 0 spiro atoms. The molecule has 0 aromatic heterocycles. The summed E-state index contributed by atoms with van der Waals surface area (Å²) >= 11 is 0. The molecule has 0 saturated carbocycles. The van der Waals surface area contributed by atoms with Crippen molar-refractivity contribution in [3.63, 3.8) is 0 Å². The van der Waals surface area contributed by atoms with E-state index in [9.17, 15) is 4.79 Å². The first kappa shape index (κ1) is 20.1. The number of carbonyl (C=O) groups excluding carboxylic acids is 1. The van der Waals surface area contributed by atoms with Crippen molar-refractivity contribution in [1.29, 1.82) is 0 Å². The van der Waals surface area contributed by atoms with E-state index >= 15 is 0 Å². The molecule has 0 N–H and O–H groups in total. The Labute approximate surface area is 171 Å². The van der Waals surface area contributed by atoms with Crippen LogP contribution in [-0.4, -0.2) is 12.2 Å². The minimum atomic E-state index is 0.393. The van der Waals surface area contributed by atoms with Crippen molar-refractivity contribution in [2.24, 2.45) is 4.99 Å². The highest BCUT2D eigenvalue weighted by molar-refractivity contribution is 5.96. The molecule has 0 radical (unpaired) electrons. The largest absolute Gasteiger partial charge is 0.465 e. The first-order valence-electron chi connectivity index (χ1n) is 9.32. The number of hydrogen-bond donors (Lipinski definition) is 0. The summed E-state index contributed by atoms with van der Waals surface area (Å²) < 4.78 is 11.8. The van der Waals surface area contributed by atoms with E-state index in [2.05, 4.69) is 4.99 Å². The molecule has 0 heterocycles. The van der Waals surface area contributed by atoms with Crippen LogP contribution in [0.4, 0.5) is 5.69 Å².